The van der Waals surface area contributed by atoms with Crippen LogP contribution in [0.1, 0.15) is 213 Å². The molecule has 0 amide bonds. The summed E-state index contributed by atoms with van der Waals surface area (Å²) >= 11 is 0. The van der Waals surface area contributed by atoms with Gasteiger partial charge in [0.05, 0.1) is 0 Å². The van der Waals surface area contributed by atoms with Crippen molar-refractivity contribution in [3.8, 4) is 0 Å². The molecule has 0 saturated carbocycles. The van der Waals surface area contributed by atoms with Crippen LogP contribution in [0.15, 0.2) is 0 Å². The van der Waals surface area contributed by atoms with Gasteiger partial charge in [-0.25, -0.2) is 0 Å². The molecule has 0 saturated heterocycles. The van der Waals surface area contributed by atoms with Gasteiger partial charge in [-0.1, -0.05) is 194 Å². The van der Waals surface area contributed by atoms with E-state index in [1.807, 2.05) is 0 Å². The molecule has 0 radical (unpaired) electrons. The molecule has 1 atom stereocenters. The van der Waals surface area contributed by atoms with E-state index in [2.05, 4.69) is 19.2 Å². The molecule has 0 aromatic rings. The molecule has 2 N–H and O–H groups in total. The summed E-state index contributed by atoms with van der Waals surface area (Å²) in [6, 6.07) is 0. The van der Waals surface area contributed by atoms with Gasteiger partial charge >= 0.3 is 0 Å². The highest BCUT2D eigenvalue weighted by molar-refractivity contribution is 4.56. The maximum atomic E-state index is 9.93. The minimum absolute atomic E-state index is 0.281. The number of aliphatic hydroxyl groups excluding tert-OH is 1. The minimum Gasteiger partial charge on any atom is -0.379 e. The van der Waals surface area contributed by atoms with Gasteiger partial charge in [-0.05, 0) is 25.8 Å². The van der Waals surface area contributed by atoms with Crippen molar-refractivity contribution in [1.29, 1.82) is 0 Å². The summed E-state index contributed by atoms with van der Waals surface area (Å²) in [6.07, 6.45) is 43.2. The van der Waals surface area contributed by atoms with Crippen LogP contribution in [-0.4, -0.2) is 17.9 Å². The topological polar surface area (TPSA) is 32.3 Å². The Morgan fingerprint density at radius 1 is 0.351 bits per heavy atom. The second kappa shape index (κ2) is 33.9. The van der Waals surface area contributed by atoms with Crippen molar-refractivity contribution in [3.63, 3.8) is 0 Å². The molecule has 0 spiro atoms. The maximum absolute atomic E-state index is 9.93. The molecule has 0 aromatic heterocycles. The summed E-state index contributed by atoms with van der Waals surface area (Å²) in [7, 11) is 0. The highest BCUT2D eigenvalue weighted by Crippen LogP contribution is 2.16. The third-order valence-corrected chi connectivity index (χ3v) is 8.24. The Morgan fingerprint density at radius 2 is 0.595 bits per heavy atom. The number of unbranched alkanes of at least 4 members (excludes halogenated alkanes) is 28. The van der Waals surface area contributed by atoms with E-state index in [0.29, 0.717) is 0 Å². The molecular formula is C35H73NO. The van der Waals surface area contributed by atoms with Gasteiger partial charge in [-0.15, -0.1) is 0 Å². The third-order valence-electron chi connectivity index (χ3n) is 8.24. The van der Waals surface area contributed by atoms with Crippen molar-refractivity contribution in [2.45, 2.75) is 219 Å². The van der Waals surface area contributed by atoms with Crippen molar-refractivity contribution in [2.24, 2.45) is 0 Å². The molecule has 0 rings (SSSR count). The normalized spacial score (nSPS) is 12.4. The molecule has 0 bridgehead atoms. The van der Waals surface area contributed by atoms with Gasteiger partial charge in [0.1, 0.15) is 6.23 Å². The second-order valence-electron chi connectivity index (χ2n) is 12.2. The van der Waals surface area contributed by atoms with Gasteiger partial charge in [0.2, 0.25) is 0 Å². The Hall–Kier alpha value is -0.0800. The van der Waals surface area contributed by atoms with Gasteiger partial charge in [0.25, 0.3) is 0 Å². The molecule has 2 nitrogen and oxygen atoms in total. The van der Waals surface area contributed by atoms with E-state index in [-0.39, 0.29) is 6.23 Å². The van der Waals surface area contributed by atoms with Gasteiger partial charge in [0, 0.05) is 0 Å². The van der Waals surface area contributed by atoms with Crippen molar-refractivity contribution in [2.75, 3.05) is 6.54 Å². The first kappa shape index (κ1) is 36.9. The Labute approximate surface area is 235 Å². The average Bonchev–Trinajstić information content (AvgIpc) is 2.90. The van der Waals surface area contributed by atoms with Crippen LogP contribution < -0.4 is 5.32 Å². The Balaban J connectivity index is 3.06. The van der Waals surface area contributed by atoms with E-state index < -0.39 is 0 Å². The quantitative estimate of drug-likeness (QED) is 0.0662. The Morgan fingerprint density at radius 3 is 0.892 bits per heavy atom. The number of aliphatic hydroxyl groups is 1. The van der Waals surface area contributed by atoms with E-state index in [0.717, 1.165) is 13.0 Å². The first-order chi connectivity index (χ1) is 18.3. The fourth-order valence-corrected chi connectivity index (χ4v) is 5.58. The van der Waals surface area contributed by atoms with Gasteiger partial charge in [0.15, 0.2) is 0 Å². The zero-order valence-electron chi connectivity index (χ0n) is 26.2. The van der Waals surface area contributed by atoms with Crippen LogP contribution in [0.4, 0.5) is 0 Å². The summed E-state index contributed by atoms with van der Waals surface area (Å²) in [4.78, 5) is 0. The smallest absolute Gasteiger partial charge is 0.104 e. The van der Waals surface area contributed by atoms with Crippen LogP contribution in [0, 0.1) is 0 Å². The zero-order chi connectivity index (χ0) is 26.9. The second-order valence-corrected chi connectivity index (χ2v) is 12.2. The number of nitrogens with one attached hydrogen (secondary N) is 1. The highest BCUT2D eigenvalue weighted by atomic mass is 16.3. The monoisotopic (exact) mass is 524 g/mol. The van der Waals surface area contributed by atoms with Crippen molar-refractivity contribution in [3.05, 3.63) is 0 Å². The predicted octanol–water partition coefficient (Wildman–Crippen LogP) is 12.0. The molecule has 224 valence electrons. The summed E-state index contributed by atoms with van der Waals surface area (Å²) in [6.45, 7) is 5.49. The van der Waals surface area contributed by atoms with Crippen molar-refractivity contribution < 1.29 is 5.11 Å². The first-order valence-corrected chi connectivity index (χ1v) is 17.7. The van der Waals surface area contributed by atoms with E-state index in [4.69, 9.17) is 0 Å². The molecule has 0 aliphatic carbocycles. The van der Waals surface area contributed by atoms with Crippen molar-refractivity contribution >= 4 is 0 Å². The fraction of sp³-hybridized carbons (Fsp3) is 1.00. The molecule has 0 heterocycles. The molecule has 2 heteroatoms. The van der Waals surface area contributed by atoms with E-state index >= 15 is 0 Å². The summed E-state index contributed by atoms with van der Waals surface area (Å²) in [5, 5.41) is 13.2. The maximum Gasteiger partial charge on any atom is 0.104 e. The number of rotatable bonds is 33. The number of hydrogen-bond donors (Lipinski definition) is 2. The van der Waals surface area contributed by atoms with Gasteiger partial charge < -0.3 is 5.11 Å². The van der Waals surface area contributed by atoms with Crippen molar-refractivity contribution in [1.82, 2.24) is 5.32 Å². The zero-order valence-corrected chi connectivity index (χ0v) is 26.2. The first-order valence-electron chi connectivity index (χ1n) is 17.7. The van der Waals surface area contributed by atoms with E-state index in [1.165, 1.54) is 193 Å². The van der Waals surface area contributed by atoms with Crippen LogP contribution >= 0.6 is 0 Å². The van der Waals surface area contributed by atoms with E-state index in [1.54, 1.807) is 0 Å². The van der Waals surface area contributed by atoms with E-state index in [9.17, 15) is 5.11 Å². The lowest BCUT2D eigenvalue weighted by Gasteiger charge is -2.12. The summed E-state index contributed by atoms with van der Waals surface area (Å²) in [5.74, 6) is 0. The SMILES string of the molecule is CCCCCCCCCCCCCCCCCCCCCCCCCCCCCC(O)NCCCCC. The largest absolute Gasteiger partial charge is 0.379 e. The minimum atomic E-state index is -0.281. The highest BCUT2D eigenvalue weighted by Gasteiger charge is 2.02. The third kappa shape index (κ3) is 33.9. The molecular weight excluding hydrogens is 450 g/mol. The van der Waals surface area contributed by atoms with Crippen LogP contribution in [0.5, 0.6) is 0 Å². The molecule has 0 aliphatic heterocycles. The lowest BCUT2D eigenvalue weighted by atomic mass is 10.0. The predicted molar refractivity (Wildman–Crippen MR) is 168 cm³/mol. The summed E-state index contributed by atoms with van der Waals surface area (Å²) < 4.78 is 0. The van der Waals surface area contributed by atoms with Crippen LogP contribution in [-0.2, 0) is 0 Å². The van der Waals surface area contributed by atoms with Crippen LogP contribution in [0.3, 0.4) is 0 Å². The molecule has 0 fully saturated rings. The Bertz CT molecular complexity index is 385. The molecule has 37 heavy (non-hydrogen) atoms. The molecule has 1 unspecified atom stereocenters. The molecule has 0 aliphatic rings. The lowest BCUT2D eigenvalue weighted by Crippen LogP contribution is -2.29. The van der Waals surface area contributed by atoms with Gasteiger partial charge in [-0.3, -0.25) is 5.32 Å². The van der Waals surface area contributed by atoms with Crippen LogP contribution in [0.2, 0.25) is 0 Å². The Kier molecular flexibility index (Phi) is 33.9. The van der Waals surface area contributed by atoms with Gasteiger partial charge in [-0.2, -0.15) is 0 Å². The average molecular weight is 524 g/mol. The fourth-order valence-electron chi connectivity index (χ4n) is 5.58. The van der Waals surface area contributed by atoms with Crippen LogP contribution in [0.25, 0.3) is 0 Å². The lowest BCUT2D eigenvalue weighted by molar-refractivity contribution is 0.124. The number of hydrogen-bond acceptors (Lipinski definition) is 2. The standard InChI is InChI=1S/C35H73NO/c1-3-5-7-8-9-10-11-12-13-14-15-16-17-18-19-20-21-22-23-24-25-26-27-28-29-30-31-33-35(37)36-34-32-6-4-2/h35-37H,3-34H2,1-2H3. The summed E-state index contributed by atoms with van der Waals surface area (Å²) in [5.41, 5.74) is 0. The molecule has 0 aromatic carbocycles.